The molecule has 0 saturated carbocycles. The third kappa shape index (κ3) is 4.44. The van der Waals surface area contributed by atoms with Crippen molar-refractivity contribution >= 4 is 18.7 Å². The van der Waals surface area contributed by atoms with E-state index < -0.39 is 20.1 Å². The van der Waals surface area contributed by atoms with Gasteiger partial charge >= 0.3 is 0 Å². The van der Waals surface area contributed by atoms with Crippen LogP contribution in [0, 0.1) is 5.92 Å². The highest BCUT2D eigenvalue weighted by Crippen LogP contribution is 2.29. The Morgan fingerprint density at radius 1 is 0.815 bits per heavy atom. The van der Waals surface area contributed by atoms with E-state index >= 15 is 0 Å². The molecule has 3 rings (SSSR count). The molecule has 0 spiro atoms. The summed E-state index contributed by atoms with van der Waals surface area (Å²) in [4.78, 5) is 13.7. The van der Waals surface area contributed by atoms with Gasteiger partial charge in [0, 0.05) is 5.92 Å². The van der Waals surface area contributed by atoms with Crippen molar-refractivity contribution in [1.29, 1.82) is 0 Å². The molecule has 27 heavy (non-hydrogen) atoms. The predicted octanol–water partition coefficient (Wildman–Crippen LogP) is 4.30. The Hall–Kier alpha value is -2.49. The second-order valence-corrected chi connectivity index (χ2v) is 11.8. The van der Waals surface area contributed by atoms with E-state index in [0.29, 0.717) is 6.42 Å². The Labute approximate surface area is 162 Å². The second kappa shape index (κ2) is 8.46. The van der Waals surface area contributed by atoms with Gasteiger partial charge in [0.15, 0.2) is 8.07 Å². The maximum absolute atomic E-state index is 13.7. The number of rotatable bonds is 7. The van der Waals surface area contributed by atoms with Crippen molar-refractivity contribution in [1.82, 2.24) is 0 Å². The molecular weight excluding hydrogens is 348 g/mol. The van der Waals surface area contributed by atoms with Crippen LogP contribution >= 0.6 is 0 Å². The van der Waals surface area contributed by atoms with Crippen molar-refractivity contribution in [3.8, 4) is 0 Å². The first-order valence-electron chi connectivity index (χ1n) is 9.37. The van der Waals surface area contributed by atoms with Crippen LogP contribution < -0.4 is 5.19 Å². The van der Waals surface area contributed by atoms with Crippen molar-refractivity contribution in [3.05, 3.63) is 102 Å². The lowest BCUT2D eigenvalue weighted by molar-refractivity contribution is -0.119. The zero-order valence-corrected chi connectivity index (χ0v) is 16.9. The smallest absolute Gasteiger partial charge is 0.157 e. The Kier molecular flexibility index (Phi) is 6.04. The Bertz CT molecular complexity index is 861. The van der Waals surface area contributed by atoms with Crippen LogP contribution in [-0.4, -0.2) is 18.6 Å². The fourth-order valence-corrected chi connectivity index (χ4v) is 6.06. The van der Waals surface area contributed by atoms with Gasteiger partial charge in [-0.25, -0.2) is 0 Å². The van der Waals surface area contributed by atoms with Crippen LogP contribution in [0.1, 0.15) is 17.2 Å². The van der Waals surface area contributed by atoms with Crippen molar-refractivity contribution in [3.63, 3.8) is 0 Å². The minimum atomic E-state index is -2.39. The van der Waals surface area contributed by atoms with Gasteiger partial charge < -0.3 is 9.90 Å². The van der Waals surface area contributed by atoms with Gasteiger partial charge in [-0.2, -0.15) is 0 Å². The van der Waals surface area contributed by atoms with Gasteiger partial charge in [0.2, 0.25) is 0 Å². The Morgan fingerprint density at radius 3 is 1.85 bits per heavy atom. The number of hydrogen-bond acceptors (Lipinski definition) is 2. The average molecular weight is 375 g/mol. The van der Waals surface area contributed by atoms with Gasteiger partial charge in [0.05, 0.1) is 6.10 Å². The predicted molar refractivity (Wildman–Crippen MR) is 114 cm³/mol. The number of hydrogen-bond donors (Lipinski definition) is 1. The quantitative estimate of drug-likeness (QED) is 0.626. The summed E-state index contributed by atoms with van der Waals surface area (Å²) < 4.78 is 0. The Balaban J connectivity index is 1.97. The van der Waals surface area contributed by atoms with Gasteiger partial charge in [-0.1, -0.05) is 109 Å². The third-order valence-electron chi connectivity index (χ3n) is 5.27. The monoisotopic (exact) mass is 374 g/mol. The van der Waals surface area contributed by atoms with E-state index in [1.807, 2.05) is 91.0 Å². The normalized spacial score (nSPS) is 13.7. The molecule has 2 nitrogen and oxygen atoms in total. The highest BCUT2D eigenvalue weighted by atomic mass is 28.3. The number of carbonyl (C=O) groups excluding carboxylic acids is 1. The fourth-order valence-electron chi connectivity index (χ4n) is 3.56. The number of carbonyl (C=O) groups is 1. The van der Waals surface area contributed by atoms with E-state index in [9.17, 15) is 9.90 Å². The largest absolute Gasteiger partial charge is 0.388 e. The molecule has 0 fully saturated rings. The lowest BCUT2D eigenvalue weighted by Crippen LogP contribution is -2.54. The fraction of sp³-hybridized carbons (Fsp3) is 0.208. The number of aliphatic hydroxyl groups excluding tert-OH is 1. The lowest BCUT2D eigenvalue weighted by atomic mass is 9.91. The summed E-state index contributed by atoms with van der Waals surface area (Å²) in [5, 5.41) is 12.4. The summed E-state index contributed by atoms with van der Waals surface area (Å²) in [6.45, 7) is 4.17. The van der Waals surface area contributed by atoms with E-state index in [2.05, 4.69) is 13.1 Å². The number of benzene rings is 3. The summed E-state index contributed by atoms with van der Waals surface area (Å²) in [5.41, 5.74) is 1.87. The molecule has 3 aromatic carbocycles. The molecule has 0 bridgehead atoms. The molecule has 3 heteroatoms. The number of aliphatic hydroxyl groups is 1. The van der Waals surface area contributed by atoms with Crippen molar-refractivity contribution in [2.45, 2.75) is 25.6 Å². The first kappa shape index (κ1) is 19.3. The summed E-state index contributed by atoms with van der Waals surface area (Å²) in [6.07, 6.45) is -0.270. The highest BCUT2D eigenvalue weighted by molar-refractivity contribution is 7.13. The average Bonchev–Trinajstić information content (AvgIpc) is 2.73. The SMILES string of the molecule is C[Si](C)(C(=O)[C@H](Cc1ccccc1)[C@@H](O)c1ccccc1)c1ccccc1. The van der Waals surface area contributed by atoms with Crippen LogP contribution in [0.3, 0.4) is 0 Å². The van der Waals surface area contributed by atoms with Crippen molar-refractivity contribution in [2.75, 3.05) is 0 Å². The molecule has 0 radical (unpaired) electrons. The molecule has 0 aliphatic carbocycles. The standard InChI is InChI=1S/C24H26O2Si/c1-27(2,21-16-10-5-11-17-21)24(26)22(18-19-12-6-3-7-13-19)23(25)20-14-8-4-9-15-20/h3-17,22-23,25H,18H2,1-2H3/t22-,23+/m1/s1. The second-order valence-electron chi connectivity index (χ2n) is 7.51. The van der Waals surface area contributed by atoms with E-state index in [0.717, 1.165) is 16.3 Å². The summed E-state index contributed by atoms with van der Waals surface area (Å²) in [5.74, 6) is -0.461. The Morgan fingerprint density at radius 2 is 1.30 bits per heavy atom. The molecule has 0 aliphatic rings. The minimum Gasteiger partial charge on any atom is -0.388 e. The minimum absolute atomic E-state index is 0.189. The third-order valence-corrected chi connectivity index (χ3v) is 8.65. The molecule has 0 aromatic heterocycles. The van der Waals surface area contributed by atoms with Crippen LogP contribution in [0.5, 0.6) is 0 Å². The summed E-state index contributed by atoms with van der Waals surface area (Å²) >= 11 is 0. The van der Waals surface area contributed by atoms with Crippen molar-refractivity contribution < 1.29 is 9.90 Å². The highest BCUT2D eigenvalue weighted by Gasteiger charge is 2.40. The summed E-state index contributed by atoms with van der Waals surface area (Å²) in [6, 6.07) is 29.5. The molecule has 138 valence electrons. The van der Waals surface area contributed by atoms with Crippen LogP contribution in [0.2, 0.25) is 13.1 Å². The molecule has 0 aliphatic heterocycles. The lowest BCUT2D eigenvalue weighted by Gasteiger charge is -2.30. The van der Waals surface area contributed by atoms with Gasteiger partial charge in [0.1, 0.15) is 5.41 Å². The summed E-state index contributed by atoms with van der Waals surface area (Å²) in [7, 11) is -2.39. The van der Waals surface area contributed by atoms with Gasteiger partial charge in [0.25, 0.3) is 0 Å². The molecule has 2 atom stereocenters. The van der Waals surface area contributed by atoms with Crippen LogP contribution in [0.25, 0.3) is 0 Å². The topological polar surface area (TPSA) is 37.3 Å². The van der Waals surface area contributed by atoms with E-state index in [1.54, 1.807) is 0 Å². The molecule has 3 aromatic rings. The van der Waals surface area contributed by atoms with E-state index in [1.165, 1.54) is 0 Å². The maximum atomic E-state index is 13.7. The molecule has 0 saturated heterocycles. The van der Waals surface area contributed by atoms with E-state index in [4.69, 9.17) is 0 Å². The molecule has 0 amide bonds. The molecular formula is C24H26O2Si. The van der Waals surface area contributed by atoms with Gasteiger partial charge in [-0.05, 0) is 17.5 Å². The van der Waals surface area contributed by atoms with Gasteiger partial charge in [-0.15, -0.1) is 0 Å². The molecule has 0 heterocycles. The maximum Gasteiger partial charge on any atom is 0.157 e. The van der Waals surface area contributed by atoms with E-state index in [-0.39, 0.29) is 5.41 Å². The zero-order chi connectivity index (χ0) is 19.3. The van der Waals surface area contributed by atoms with Crippen LogP contribution in [0.4, 0.5) is 0 Å². The van der Waals surface area contributed by atoms with Crippen LogP contribution in [-0.2, 0) is 11.2 Å². The first-order valence-corrected chi connectivity index (χ1v) is 12.4. The van der Waals surface area contributed by atoms with Gasteiger partial charge in [-0.3, -0.25) is 0 Å². The van der Waals surface area contributed by atoms with Crippen LogP contribution in [0.15, 0.2) is 91.0 Å². The van der Waals surface area contributed by atoms with Crippen molar-refractivity contribution in [2.24, 2.45) is 5.92 Å². The first-order chi connectivity index (χ1) is 13.0. The molecule has 1 N–H and O–H groups in total. The molecule has 0 unspecified atom stereocenters. The zero-order valence-electron chi connectivity index (χ0n) is 15.9.